The number of hydrogen-bond donors (Lipinski definition) is 1. The number of carbonyl (C=O) groups excluding carboxylic acids is 1. The van der Waals surface area contributed by atoms with Gasteiger partial charge in [0.05, 0.1) is 29.9 Å². The molecule has 0 spiro atoms. The average Bonchev–Trinajstić information content (AvgIpc) is 2.76. The van der Waals surface area contributed by atoms with E-state index in [0.717, 1.165) is 0 Å². The third-order valence-corrected chi connectivity index (χ3v) is 6.26. The lowest BCUT2D eigenvalue weighted by Crippen LogP contribution is -2.46. The highest BCUT2D eigenvalue weighted by molar-refractivity contribution is 6.34. The molecule has 1 aliphatic carbocycles. The van der Waals surface area contributed by atoms with Crippen molar-refractivity contribution in [1.29, 1.82) is 0 Å². The number of carbonyl (C=O) groups is 1. The van der Waals surface area contributed by atoms with Crippen molar-refractivity contribution in [3.63, 3.8) is 0 Å². The second-order valence-electron chi connectivity index (χ2n) is 7.77. The maximum Gasteiger partial charge on any atom is 0.261 e. The van der Waals surface area contributed by atoms with E-state index in [0.29, 0.717) is 47.0 Å². The molecule has 1 heterocycles. The molecular weight excluding hydrogens is 433 g/mol. The molecule has 4 rings (SSSR count). The van der Waals surface area contributed by atoms with Gasteiger partial charge < -0.3 is 10.1 Å². The van der Waals surface area contributed by atoms with Crippen molar-refractivity contribution in [3.8, 4) is 16.9 Å². The summed E-state index contributed by atoms with van der Waals surface area (Å²) in [7, 11) is 1.47. The van der Waals surface area contributed by atoms with Gasteiger partial charge in [0.15, 0.2) is 0 Å². The fourth-order valence-corrected chi connectivity index (χ4v) is 4.62. The van der Waals surface area contributed by atoms with Crippen LogP contribution in [0.15, 0.2) is 48.0 Å². The van der Waals surface area contributed by atoms with Gasteiger partial charge in [0.25, 0.3) is 5.56 Å². The van der Waals surface area contributed by atoms with Gasteiger partial charge >= 0.3 is 0 Å². The summed E-state index contributed by atoms with van der Waals surface area (Å²) >= 11 is 6.62. The zero-order valence-corrected chi connectivity index (χ0v) is 18.6. The van der Waals surface area contributed by atoms with Crippen LogP contribution in [0.1, 0.15) is 31.4 Å². The molecule has 8 heteroatoms. The van der Waals surface area contributed by atoms with Crippen LogP contribution in [0.4, 0.5) is 4.39 Å². The summed E-state index contributed by atoms with van der Waals surface area (Å²) in [4.78, 5) is 29.3. The second kappa shape index (κ2) is 8.74. The van der Waals surface area contributed by atoms with Crippen molar-refractivity contribution < 1.29 is 13.9 Å². The van der Waals surface area contributed by atoms with Crippen LogP contribution in [-0.2, 0) is 11.2 Å². The molecule has 32 heavy (non-hydrogen) atoms. The molecule has 0 unspecified atom stereocenters. The van der Waals surface area contributed by atoms with Gasteiger partial charge in [0, 0.05) is 22.7 Å². The number of methoxy groups -OCH3 is 1. The van der Waals surface area contributed by atoms with Crippen molar-refractivity contribution in [3.05, 3.63) is 70.0 Å². The summed E-state index contributed by atoms with van der Waals surface area (Å²) in [5.41, 5.74) is 1.71. The molecule has 2 aromatic carbocycles. The monoisotopic (exact) mass is 455 g/mol. The summed E-state index contributed by atoms with van der Waals surface area (Å²) in [6, 6.07) is 6.07. The first-order valence-corrected chi connectivity index (χ1v) is 10.7. The van der Waals surface area contributed by atoms with E-state index in [4.69, 9.17) is 16.3 Å². The number of nitrogens with one attached hydrogen (secondary N) is 1. The van der Waals surface area contributed by atoms with Crippen LogP contribution in [0.2, 0.25) is 5.02 Å². The van der Waals surface area contributed by atoms with E-state index in [1.54, 1.807) is 22.8 Å². The maximum absolute atomic E-state index is 14.8. The molecule has 0 radical (unpaired) electrons. The molecule has 1 aliphatic rings. The van der Waals surface area contributed by atoms with Crippen LogP contribution < -0.4 is 15.6 Å². The first-order valence-electron chi connectivity index (χ1n) is 10.4. The second-order valence-corrected chi connectivity index (χ2v) is 8.18. The highest BCUT2D eigenvalue weighted by Crippen LogP contribution is 2.42. The highest BCUT2D eigenvalue weighted by atomic mass is 35.5. The highest BCUT2D eigenvalue weighted by Gasteiger charge is 2.32. The Bertz CT molecular complexity index is 1280. The molecule has 1 saturated carbocycles. The molecule has 166 valence electrons. The van der Waals surface area contributed by atoms with Crippen LogP contribution in [0.25, 0.3) is 22.0 Å². The fraction of sp³-hybridized carbons (Fsp3) is 0.292. The summed E-state index contributed by atoms with van der Waals surface area (Å²) in [5, 5.41) is 3.47. The molecule has 0 bridgehead atoms. The Morgan fingerprint density at radius 1 is 1.41 bits per heavy atom. The number of nitrogens with zero attached hydrogens (tertiary/aromatic N) is 2. The normalized spacial score (nSPS) is 17.6. The number of hydrogen-bond acceptors (Lipinski definition) is 4. The van der Waals surface area contributed by atoms with E-state index < -0.39 is 5.82 Å². The minimum absolute atomic E-state index is 0.00113. The smallest absolute Gasteiger partial charge is 0.261 e. The zero-order chi connectivity index (χ0) is 23.0. The Morgan fingerprint density at radius 3 is 2.81 bits per heavy atom. The number of halogens is 2. The number of amides is 1. The summed E-state index contributed by atoms with van der Waals surface area (Å²) in [6.07, 6.45) is 4.51. The quantitative estimate of drug-likeness (QED) is 0.558. The first kappa shape index (κ1) is 22.0. The van der Waals surface area contributed by atoms with Crippen molar-refractivity contribution in [1.82, 2.24) is 14.9 Å². The third-order valence-electron chi connectivity index (χ3n) is 5.97. The lowest BCUT2D eigenvalue weighted by Gasteiger charge is -2.36. The standard InChI is InChI=1S/C24H23ClFN3O3/c1-4-15-21(22-18(26)7-6-8-19(22)32-3)17(25)11-16-23(15)27-12-29(24(16)31)14-9-13(10-14)28-20(30)5-2/h5-8,11-14H,2,4,9-10H2,1,3H3,(H,28,30). The lowest BCUT2D eigenvalue weighted by atomic mass is 9.86. The van der Waals surface area contributed by atoms with E-state index in [-0.39, 0.29) is 34.1 Å². The van der Waals surface area contributed by atoms with E-state index in [1.807, 2.05) is 6.92 Å². The van der Waals surface area contributed by atoms with E-state index in [2.05, 4.69) is 16.9 Å². The maximum atomic E-state index is 14.8. The Balaban J connectivity index is 1.80. The minimum Gasteiger partial charge on any atom is -0.496 e. The van der Waals surface area contributed by atoms with Gasteiger partial charge in [-0.1, -0.05) is 31.2 Å². The van der Waals surface area contributed by atoms with Gasteiger partial charge in [-0.25, -0.2) is 9.37 Å². The number of fused-ring (bicyclic) bond motifs is 1. The number of aromatic nitrogens is 2. The molecule has 1 aromatic heterocycles. The van der Waals surface area contributed by atoms with Crippen LogP contribution >= 0.6 is 11.6 Å². The molecule has 1 N–H and O–H groups in total. The van der Waals surface area contributed by atoms with Gasteiger partial charge in [-0.05, 0) is 49.1 Å². The van der Waals surface area contributed by atoms with Gasteiger partial charge in [0.2, 0.25) is 5.91 Å². The zero-order valence-electron chi connectivity index (χ0n) is 17.8. The summed E-state index contributed by atoms with van der Waals surface area (Å²) < 4.78 is 21.8. The van der Waals surface area contributed by atoms with Gasteiger partial charge in [-0.15, -0.1) is 0 Å². The SMILES string of the molecule is C=CC(=O)NC1CC(n2cnc3c(CC)c(-c4c(F)cccc4OC)c(Cl)cc3c2=O)C1. The van der Waals surface area contributed by atoms with E-state index >= 15 is 0 Å². The molecule has 1 amide bonds. The predicted molar refractivity (Wildman–Crippen MR) is 123 cm³/mol. The van der Waals surface area contributed by atoms with Crippen LogP contribution in [-0.4, -0.2) is 28.6 Å². The molecule has 0 atom stereocenters. The number of ether oxygens (including phenoxy) is 1. The molecule has 3 aromatic rings. The van der Waals surface area contributed by atoms with Crippen molar-refractivity contribution >= 4 is 28.4 Å². The Hall–Kier alpha value is -3.19. The Kier molecular flexibility index (Phi) is 6.02. The Morgan fingerprint density at radius 2 is 2.16 bits per heavy atom. The van der Waals surface area contributed by atoms with Gasteiger partial charge in [-0.3, -0.25) is 14.2 Å². The largest absolute Gasteiger partial charge is 0.496 e. The molecule has 0 aliphatic heterocycles. The Labute approximate surface area is 189 Å². The first-order chi connectivity index (χ1) is 15.4. The number of aryl methyl sites for hydroxylation is 1. The van der Waals surface area contributed by atoms with Crippen molar-refractivity contribution in [2.45, 2.75) is 38.3 Å². The number of rotatable bonds is 6. The van der Waals surface area contributed by atoms with Crippen LogP contribution in [0, 0.1) is 5.82 Å². The lowest BCUT2D eigenvalue weighted by molar-refractivity contribution is -0.117. The van der Waals surface area contributed by atoms with E-state index in [1.165, 1.54) is 25.6 Å². The molecular formula is C24H23ClFN3O3. The van der Waals surface area contributed by atoms with Crippen LogP contribution in [0.3, 0.4) is 0 Å². The fourth-order valence-electron chi connectivity index (χ4n) is 4.30. The van der Waals surface area contributed by atoms with Crippen molar-refractivity contribution in [2.75, 3.05) is 7.11 Å². The third kappa shape index (κ3) is 3.66. The van der Waals surface area contributed by atoms with E-state index in [9.17, 15) is 14.0 Å². The average molecular weight is 456 g/mol. The molecule has 6 nitrogen and oxygen atoms in total. The minimum atomic E-state index is -0.462. The van der Waals surface area contributed by atoms with Crippen molar-refractivity contribution in [2.24, 2.45) is 0 Å². The predicted octanol–water partition coefficient (Wildman–Crippen LogP) is 4.43. The molecule has 0 saturated heterocycles. The number of benzene rings is 2. The van der Waals surface area contributed by atoms with Gasteiger partial charge in [0.1, 0.15) is 11.6 Å². The van der Waals surface area contributed by atoms with Gasteiger partial charge in [-0.2, -0.15) is 0 Å². The van der Waals surface area contributed by atoms with Crippen LogP contribution in [0.5, 0.6) is 5.75 Å². The topological polar surface area (TPSA) is 73.2 Å². The summed E-state index contributed by atoms with van der Waals surface area (Å²) in [6.45, 7) is 5.36. The summed E-state index contributed by atoms with van der Waals surface area (Å²) in [5.74, 6) is -0.333. The molecule has 1 fully saturated rings.